The van der Waals surface area contributed by atoms with Crippen molar-refractivity contribution in [2.45, 2.75) is 132 Å². The van der Waals surface area contributed by atoms with Gasteiger partial charge in [0.05, 0.1) is 40.3 Å². The van der Waals surface area contributed by atoms with Crippen molar-refractivity contribution in [1.82, 2.24) is 34.5 Å². The maximum atomic E-state index is 15.0. The number of pyridine rings is 3. The highest BCUT2D eigenvalue weighted by Gasteiger charge is 2.50. The van der Waals surface area contributed by atoms with Gasteiger partial charge < -0.3 is 39.8 Å². The molecule has 5 fully saturated rings. The number of methoxy groups -OCH3 is 1. The molecule has 7 heterocycles. The summed E-state index contributed by atoms with van der Waals surface area (Å²) in [4.78, 5) is 48.8. The molecule has 12 rings (SSSR count). The van der Waals surface area contributed by atoms with Gasteiger partial charge >= 0.3 is 5.69 Å². The zero-order valence-electron chi connectivity index (χ0n) is 46.9. The van der Waals surface area contributed by atoms with Gasteiger partial charge in [0, 0.05) is 99.7 Å². The van der Waals surface area contributed by atoms with E-state index in [1.807, 2.05) is 6.20 Å². The molecular weight excluding hydrogens is 1070 g/mol. The van der Waals surface area contributed by atoms with E-state index in [2.05, 4.69) is 89.2 Å². The average Bonchev–Trinajstić information content (AvgIpc) is 3.89. The van der Waals surface area contributed by atoms with E-state index < -0.39 is 42.9 Å². The van der Waals surface area contributed by atoms with Gasteiger partial charge in [-0.3, -0.25) is 24.7 Å². The molecular formula is C60H72FN11O9S. The Hall–Kier alpha value is -7.14. The molecule has 6 aliphatic rings. The Morgan fingerprint density at radius 1 is 1.00 bits per heavy atom. The summed E-state index contributed by atoms with van der Waals surface area (Å²) in [5, 5.41) is 29.5. The molecule has 2 saturated heterocycles. The number of aromatic nitrogens is 4. The Bertz CT molecular complexity index is 3510. The molecule has 2 aromatic carbocycles. The number of nitrogens with zero attached hydrogens (tertiary/aromatic N) is 7. The third kappa shape index (κ3) is 11.0. The maximum absolute atomic E-state index is 15.0. The molecule has 2 spiro atoms. The van der Waals surface area contributed by atoms with Crippen molar-refractivity contribution < 1.29 is 41.8 Å². The normalized spacial score (nSPS) is 22.6. The minimum absolute atomic E-state index is 0.0158. The largest absolute Gasteiger partial charge is 0.487 e. The number of sulfonamides is 1. The number of aromatic amines is 1. The van der Waals surface area contributed by atoms with Gasteiger partial charge in [0.15, 0.2) is 17.3 Å². The van der Waals surface area contributed by atoms with Gasteiger partial charge in [-0.25, -0.2) is 27.5 Å². The Balaban J connectivity index is 0.751. The smallest absolute Gasteiger partial charge is 0.312 e. The summed E-state index contributed by atoms with van der Waals surface area (Å²) in [5.74, 6) is 0.362. The van der Waals surface area contributed by atoms with Crippen LogP contribution in [0.25, 0.3) is 11.0 Å². The van der Waals surface area contributed by atoms with E-state index in [0.717, 1.165) is 114 Å². The van der Waals surface area contributed by atoms with E-state index >= 15 is 0 Å². The highest BCUT2D eigenvalue weighted by atomic mass is 32.2. The summed E-state index contributed by atoms with van der Waals surface area (Å²) in [6.07, 6.45) is 14.1. The molecule has 5 N–H and O–H groups in total. The van der Waals surface area contributed by atoms with Gasteiger partial charge in [-0.05, 0) is 124 Å². The minimum Gasteiger partial charge on any atom is -0.487 e. The molecule has 434 valence electrons. The van der Waals surface area contributed by atoms with Crippen molar-refractivity contribution in [3.05, 3.63) is 117 Å². The van der Waals surface area contributed by atoms with Crippen LogP contribution in [0.4, 0.5) is 27.4 Å². The number of halogens is 1. The molecule has 4 aromatic heterocycles. The van der Waals surface area contributed by atoms with Gasteiger partial charge in [-0.1, -0.05) is 38.1 Å². The number of aliphatic hydroxyl groups is 1. The number of anilines is 3. The molecule has 1 amide bonds. The maximum Gasteiger partial charge on any atom is 0.312 e. The zero-order chi connectivity index (χ0) is 57.1. The van der Waals surface area contributed by atoms with Crippen LogP contribution in [0.15, 0.2) is 84.1 Å². The molecule has 3 saturated carbocycles. The molecule has 3 aliphatic heterocycles. The number of hydrogen-bond acceptors (Lipinski definition) is 17. The highest BCUT2D eigenvalue weighted by Crippen LogP contribution is 2.54. The highest BCUT2D eigenvalue weighted by molar-refractivity contribution is 7.90. The van der Waals surface area contributed by atoms with Gasteiger partial charge in [0.1, 0.15) is 28.7 Å². The predicted molar refractivity (Wildman–Crippen MR) is 308 cm³/mol. The van der Waals surface area contributed by atoms with Crippen LogP contribution in [-0.4, -0.2) is 124 Å². The molecule has 6 aromatic rings. The Morgan fingerprint density at radius 2 is 1.78 bits per heavy atom. The zero-order valence-corrected chi connectivity index (χ0v) is 47.7. The summed E-state index contributed by atoms with van der Waals surface area (Å²) in [5.41, 5.74) is 3.52. The average molecular weight is 1140 g/mol. The lowest BCUT2D eigenvalue weighted by Crippen LogP contribution is -2.60. The van der Waals surface area contributed by atoms with Crippen LogP contribution in [0.5, 0.6) is 23.1 Å². The Morgan fingerprint density at radius 3 is 2.51 bits per heavy atom. The van der Waals surface area contributed by atoms with E-state index in [-0.39, 0.29) is 62.7 Å². The number of hydrogen-bond donors (Lipinski definition) is 5. The van der Waals surface area contributed by atoms with Crippen molar-refractivity contribution in [3.8, 4) is 23.1 Å². The molecule has 1 atom stereocenters. The molecule has 3 aliphatic carbocycles. The summed E-state index contributed by atoms with van der Waals surface area (Å²) in [6.45, 7) is 12.4. The molecule has 0 bridgehead atoms. The Kier molecular flexibility index (Phi) is 14.8. The van der Waals surface area contributed by atoms with Crippen LogP contribution in [0.1, 0.15) is 130 Å². The number of ether oxygens (including phenoxy) is 3. The van der Waals surface area contributed by atoms with Crippen molar-refractivity contribution in [1.29, 1.82) is 0 Å². The van der Waals surface area contributed by atoms with Crippen molar-refractivity contribution >= 4 is 50.0 Å². The van der Waals surface area contributed by atoms with Gasteiger partial charge in [0.25, 0.3) is 21.8 Å². The number of amides is 1. The first-order valence-corrected chi connectivity index (χ1v) is 30.3. The third-order valence-electron chi connectivity index (χ3n) is 18.5. The number of carbonyl (C=O) groups is 1. The standard InChI is InChI=1S/C60H72FN11O9S/c1-37(2)43-8-5-6-9-44(43)49-35-69(34-39-14-21-62-55-52(39)80-36-60(67-55)15-7-16-60)24-25-71(49)41-29-59(30-41)19-22-70(23-20-59)40-10-11-45(50(26-40)81-51-28-46-47(61)33-65-53(46)66-57(51)79-4)56(73)68-82(77,78)42-27-48(72(75)76)54(64-32-42)63-31-38-12-17-58(3,74)18-13-38/h5-6,8-11,14,21,26-28,32-33,37-38,41,49,74H,7,12-13,15-20,22-25,29-31,34-36H2,1-4H3,(H,62,67)(H,63,64)(H,65,66)(H,68,73)/t38?,49-,58?/m0/s1. The number of fused-ring (bicyclic) bond motifs is 2. The monoisotopic (exact) mass is 1140 g/mol. The van der Waals surface area contributed by atoms with Gasteiger partial charge in [0.2, 0.25) is 5.82 Å². The number of piperazine rings is 1. The minimum atomic E-state index is -4.75. The third-order valence-corrected chi connectivity index (χ3v) is 19.8. The summed E-state index contributed by atoms with van der Waals surface area (Å²) < 4.78 is 63.3. The lowest BCUT2D eigenvalue weighted by atomic mass is 9.59. The SMILES string of the molecule is COc1nc2[nH]cc(F)c2cc1Oc1cc(N2CCC3(CC2)CC(N2CCN(Cc4ccnc5c4OCC4(CCC4)N5)C[C@H]2c2ccccc2C(C)C)C3)ccc1C(=O)NS(=O)(=O)c1cnc(NCC2CCC(C)(O)CC2)c([N+](=O)[O-])c1. The van der Waals surface area contributed by atoms with Gasteiger partial charge in [-0.15, -0.1) is 0 Å². The van der Waals surface area contributed by atoms with E-state index in [1.54, 1.807) is 19.1 Å². The number of H-pyrrole nitrogens is 1. The first-order chi connectivity index (χ1) is 39.4. The lowest BCUT2D eigenvalue weighted by Gasteiger charge is -2.58. The van der Waals surface area contributed by atoms with Crippen LogP contribution in [0, 0.1) is 27.3 Å². The second-order valence-electron chi connectivity index (χ2n) is 24.4. The molecule has 20 nitrogen and oxygen atoms in total. The number of nitro groups is 1. The van der Waals surface area contributed by atoms with E-state index in [0.29, 0.717) is 50.8 Å². The Labute approximate surface area is 476 Å². The number of piperidine rings is 1. The molecule has 22 heteroatoms. The fourth-order valence-electron chi connectivity index (χ4n) is 13.5. The first kappa shape index (κ1) is 55.4. The summed E-state index contributed by atoms with van der Waals surface area (Å²) >= 11 is 0. The van der Waals surface area contributed by atoms with E-state index in [9.17, 15) is 32.8 Å². The topological polar surface area (TPSA) is 243 Å². The number of carbonyl (C=O) groups excluding carboxylic acids is 1. The first-order valence-electron chi connectivity index (χ1n) is 28.8. The van der Waals surface area contributed by atoms with Crippen LogP contribution >= 0.6 is 0 Å². The predicted octanol–water partition coefficient (Wildman–Crippen LogP) is 9.83. The van der Waals surface area contributed by atoms with Crippen LogP contribution in [-0.2, 0) is 16.6 Å². The second-order valence-corrected chi connectivity index (χ2v) is 26.1. The number of nitrogens with one attached hydrogen (secondary N) is 4. The van der Waals surface area contributed by atoms with Gasteiger partial charge in [-0.2, -0.15) is 4.98 Å². The summed E-state index contributed by atoms with van der Waals surface area (Å²) in [7, 11) is -3.38. The van der Waals surface area contributed by atoms with Crippen molar-refractivity contribution in [3.63, 3.8) is 0 Å². The number of rotatable bonds is 16. The summed E-state index contributed by atoms with van der Waals surface area (Å²) in [6, 6.07) is 18.8. The fourth-order valence-corrected chi connectivity index (χ4v) is 14.4. The lowest BCUT2D eigenvalue weighted by molar-refractivity contribution is -0.384. The molecule has 0 unspecified atom stereocenters. The molecule has 0 radical (unpaired) electrons. The van der Waals surface area contributed by atoms with Crippen molar-refractivity contribution in [2.24, 2.45) is 11.3 Å². The fraction of sp³-hybridized carbons (Fsp3) is 0.500. The second kappa shape index (κ2) is 21.9. The van der Waals surface area contributed by atoms with Crippen molar-refractivity contribution in [2.75, 3.05) is 68.5 Å². The number of benzene rings is 2. The van der Waals surface area contributed by atoms with Crippen LogP contribution in [0.2, 0.25) is 0 Å². The van der Waals surface area contributed by atoms with E-state index in [1.165, 1.54) is 42.4 Å². The quantitative estimate of drug-likeness (QED) is 0.0447. The molecule has 82 heavy (non-hydrogen) atoms. The van der Waals surface area contributed by atoms with Crippen LogP contribution in [0.3, 0.4) is 0 Å². The van der Waals surface area contributed by atoms with E-state index in [4.69, 9.17) is 19.2 Å². The van der Waals surface area contributed by atoms with Crippen LogP contribution < -0.4 is 34.5 Å².